The van der Waals surface area contributed by atoms with Gasteiger partial charge in [-0.3, -0.25) is 0 Å². The van der Waals surface area contributed by atoms with Crippen LogP contribution in [0.15, 0.2) is 16.3 Å². The van der Waals surface area contributed by atoms with Gasteiger partial charge in [0.1, 0.15) is 0 Å². The lowest BCUT2D eigenvalue weighted by Crippen LogP contribution is -2.40. The fourth-order valence-electron chi connectivity index (χ4n) is 2.57. The topological polar surface area (TPSA) is 58.2 Å². The molecule has 3 rings (SSSR count). The molecule has 20 heavy (non-hydrogen) atoms. The van der Waals surface area contributed by atoms with Gasteiger partial charge in [-0.25, -0.2) is 13.1 Å². The van der Waals surface area contributed by atoms with Gasteiger partial charge in [0.15, 0.2) is 0 Å². The SMILES string of the molecule is CC(NS(=O)(=O)c1ccsc1CNC1CC1)C1CCC1. The third kappa shape index (κ3) is 3.24. The molecule has 0 bridgehead atoms. The number of rotatable bonds is 7. The quantitative estimate of drug-likeness (QED) is 0.813. The van der Waals surface area contributed by atoms with Crippen LogP contribution in [-0.2, 0) is 16.6 Å². The molecule has 4 nitrogen and oxygen atoms in total. The maximum absolute atomic E-state index is 12.5. The monoisotopic (exact) mass is 314 g/mol. The Balaban J connectivity index is 1.67. The van der Waals surface area contributed by atoms with Crippen LogP contribution in [0.4, 0.5) is 0 Å². The molecular formula is C14H22N2O2S2. The first-order valence-electron chi connectivity index (χ1n) is 7.38. The van der Waals surface area contributed by atoms with E-state index >= 15 is 0 Å². The van der Waals surface area contributed by atoms with Crippen molar-refractivity contribution in [2.45, 2.75) is 62.6 Å². The van der Waals surface area contributed by atoms with Crippen molar-refractivity contribution in [2.24, 2.45) is 5.92 Å². The van der Waals surface area contributed by atoms with Gasteiger partial charge in [-0.05, 0) is 50.0 Å². The zero-order chi connectivity index (χ0) is 14.2. The minimum absolute atomic E-state index is 0.0397. The average Bonchev–Trinajstić information content (AvgIpc) is 2.99. The first-order valence-corrected chi connectivity index (χ1v) is 9.74. The predicted octanol–water partition coefficient (Wildman–Crippen LogP) is 2.47. The fourth-order valence-corrected chi connectivity index (χ4v) is 5.27. The normalized spacial score (nSPS) is 21.6. The Hall–Kier alpha value is -0.430. The van der Waals surface area contributed by atoms with Gasteiger partial charge in [0, 0.05) is 23.5 Å². The van der Waals surface area contributed by atoms with Crippen molar-refractivity contribution >= 4 is 21.4 Å². The molecule has 1 aromatic rings. The molecular weight excluding hydrogens is 292 g/mol. The van der Waals surface area contributed by atoms with Crippen LogP contribution < -0.4 is 10.0 Å². The predicted molar refractivity (Wildman–Crippen MR) is 81.3 cm³/mol. The molecule has 1 aromatic heterocycles. The molecule has 2 aliphatic rings. The summed E-state index contributed by atoms with van der Waals surface area (Å²) < 4.78 is 27.8. The number of hydrogen-bond donors (Lipinski definition) is 2. The van der Waals surface area contributed by atoms with E-state index in [2.05, 4.69) is 10.0 Å². The van der Waals surface area contributed by atoms with E-state index in [0.717, 1.165) is 17.7 Å². The van der Waals surface area contributed by atoms with Crippen LogP contribution in [0.5, 0.6) is 0 Å². The molecule has 112 valence electrons. The van der Waals surface area contributed by atoms with E-state index < -0.39 is 10.0 Å². The first-order chi connectivity index (χ1) is 9.56. The smallest absolute Gasteiger partial charge is 0.241 e. The molecule has 2 saturated carbocycles. The molecule has 0 aromatic carbocycles. The summed E-state index contributed by atoms with van der Waals surface area (Å²) in [7, 11) is -3.38. The highest BCUT2D eigenvalue weighted by atomic mass is 32.2. The van der Waals surface area contributed by atoms with Crippen molar-refractivity contribution in [2.75, 3.05) is 0 Å². The van der Waals surface area contributed by atoms with Gasteiger partial charge < -0.3 is 5.32 Å². The highest BCUT2D eigenvalue weighted by Gasteiger charge is 2.29. The van der Waals surface area contributed by atoms with Crippen LogP contribution in [0.1, 0.15) is 43.9 Å². The van der Waals surface area contributed by atoms with E-state index in [4.69, 9.17) is 0 Å². The highest BCUT2D eigenvalue weighted by molar-refractivity contribution is 7.89. The van der Waals surface area contributed by atoms with Crippen molar-refractivity contribution in [3.05, 3.63) is 16.3 Å². The molecule has 6 heteroatoms. The lowest BCUT2D eigenvalue weighted by molar-refractivity contribution is 0.260. The van der Waals surface area contributed by atoms with Crippen LogP contribution in [0.3, 0.4) is 0 Å². The van der Waals surface area contributed by atoms with E-state index in [1.807, 2.05) is 12.3 Å². The lowest BCUT2D eigenvalue weighted by Gasteiger charge is -2.31. The lowest BCUT2D eigenvalue weighted by atomic mass is 9.81. The van der Waals surface area contributed by atoms with Gasteiger partial charge in [-0.15, -0.1) is 11.3 Å². The van der Waals surface area contributed by atoms with E-state index in [-0.39, 0.29) is 6.04 Å². The molecule has 0 radical (unpaired) electrons. The summed E-state index contributed by atoms with van der Waals surface area (Å²) in [6.07, 6.45) is 5.94. The zero-order valence-corrected chi connectivity index (χ0v) is 13.4. The summed E-state index contributed by atoms with van der Waals surface area (Å²) in [5.74, 6) is 0.511. The van der Waals surface area contributed by atoms with Crippen molar-refractivity contribution in [1.29, 1.82) is 0 Å². The Morgan fingerprint density at radius 2 is 2.10 bits per heavy atom. The summed E-state index contributed by atoms with van der Waals surface area (Å²) in [6, 6.07) is 2.36. The maximum atomic E-state index is 12.5. The second kappa shape index (κ2) is 5.75. The Labute approximate surface area is 125 Å². The number of sulfonamides is 1. The van der Waals surface area contributed by atoms with Gasteiger partial charge >= 0.3 is 0 Å². The van der Waals surface area contributed by atoms with Crippen LogP contribution in [0, 0.1) is 5.92 Å². The molecule has 1 atom stereocenters. The molecule has 0 spiro atoms. The third-order valence-corrected chi connectivity index (χ3v) is 7.01. The first kappa shape index (κ1) is 14.5. The third-order valence-electron chi connectivity index (χ3n) is 4.32. The number of nitrogens with one attached hydrogen (secondary N) is 2. The Bertz CT molecular complexity index is 559. The molecule has 2 fully saturated rings. The van der Waals surface area contributed by atoms with E-state index in [0.29, 0.717) is 23.4 Å². The summed E-state index contributed by atoms with van der Waals surface area (Å²) in [5.41, 5.74) is 0. The van der Waals surface area contributed by atoms with E-state index in [9.17, 15) is 8.42 Å². The Morgan fingerprint density at radius 3 is 2.70 bits per heavy atom. The van der Waals surface area contributed by atoms with Crippen LogP contribution in [0.25, 0.3) is 0 Å². The number of thiophene rings is 1. The summed E-state index contributed by atoms with van der Waals surface area (Å²) in [5, 5.41) is 5.26. The van der Waals surface area contributed by atoms with Gasteiger partial charge in [0.05, 0.1) is 4.90 Å². The van der Waals surface area contributed by atoms with Crippen LogP contribution in [0.2, 0.25) is 0 Å². The van der Waals surface area contributed by atoms with Crippen molar-refractivity contribution < 1.29 is 8.42 Å². The molecule has 0 aliphatic heterocycles. The van der Waals surface area contributed by atoms with Gasteiger partial charge in [-0.2, -0.15) is 0 Å². The molecule has 0 saturated heterocycles. The number of hydrogen-bond acceptors (Lipinski definition) is 4. The average molecular weight is 314 g/mol. The van der Waals surface area contributed by atoms with Gasteiger partial charge in [0.2, 0.25) is 10.0 Å². The van der Waals surface area contributed by atoms with Gasteiger partial charge in [-0.1, -0.05) is 6.42 Å². The molecule has 1 heterocycles. The standard InChI is InChI=1S/C14H22N2O2S2/c1-10(11-3-2-4-11)16-20(17,18)14-7-8-19-13(14)9-15-12-5-6-12/h7-8,10-12,15-16H,2-6,9H2,1H3. The zero-order valence-electron chi connectivity index (χ0n) is 11.8. The van der Waals surface area contributed by atoms with Crippen molar-refractivity contribution in [1.82, 2.24) is 10.0 Å². The van der Waals surface area contributed by atoms with E-state index in [1.165, 1.54) is 30.6 Å². The minimum atomic E-state index is -3.38. The molecule has 2 N–H and O–H groups in total. The molecule has 2 aliphatic carbocycles. The second-order valence-electron chi connectivity index (χ2n) is 5.96. The van der Waals surface area contributed by atoms with Crippen LogP contribution >= 0.6 is 11.3 Å². The van der Waals surface area contributed by atoms with Gasteiger partial charge in [0.25, 0.3) is 0 Å². The maximum Gasteiger partial charge on any atom is 0.241 e. The summed E-state index contributed by atoms with van der Waals surface area (Å²) >= 11 is 1.52. The van der Waals surface area contributed by atoms with Crippen molar-refractivity contribution in [3.63, 3.8) is 0 Å². The summed E-state index contributed by atoms with van der Waals surface area (Å²) in [6.45, 7) is 2.65. The van der Waals surface area contributed by atoms with E-state index in [1.54, 1.807) is 6.07 Å². The minimum Gasteiger partial charge on any atom is -0.309 e. The molecule has 1 unspecified atom stereocenters. The Morgan fingerprint density at radius 1 is 1.35 bits per heavy atom. The van der Waals surface area contributed by atoms with Crippen LogP contribution in [-0.4, -0.2) is 20.5 Å². The van der Waals surface area contributed by atoms with Crippen molar-refractivity contribution in [3.8, 4) is 0 Å². The fraction of sp³-hybridized carbons (Fsp3) is 0.714. The Kier molecular flexibility index (Phi) is 4.17. The second-order valence-corrected chi connectivity index (χ2v) is 8.65. The largest absolute Gasteiger partial charge is 0.309 e. The highest BCUT2D eigenvalue weighted by Crippen LogP contribution is 2.31. The molecule has 0 amide bonds. The summed E-state index contributed by atoms with van der Waals surface area (Å²) in [4.78, 5) is 1.38.